The zero-order valence-electron chi connectivity index (χ0n) is 12.2. The van der Waals surface area contributed by atoms with Gasteiger partial charge in [-0.2, -0.15) is 5.26 Å². The van der Waals surface area contributed by atoms with E-state index in [1.165, 1.54) is 17.2 Å². The number of benzene rings is 2. The number of halogens is 1. The predicted molar refractivity (Wildman–Crippen MR) is 81.4 cm³/mol. The molecule has 1 unspecified atom stereocenters. The SMILES string of the molecule is CC1(C)Cc2ccccc2C1Nc1ccc(C#N)cc1F. The average Bonchev–Trinajstić information content (AvgIpc) is 2.71. The molecule has 21 heavy (non-hydrogen) atoms. The Balaban J connectivity index is 1.96. The normalized spacial score (nSPS) is 18.9. The van der Waals surface area contributed by atoms with Crippen LogP contribution in [-0.4, -0.2) is 0 Å². The van der Waals surface area contributed by atoms with E-state index >= 15 is 0 Å². The van der Waals surface area contributed by atoms with Crippen molar-refractivity contribution in [1.29, 1.82) is 5.26 Å². The molecule has 0 aliphatic heterocycles. The van der Waals surface area contributed by atoms with Crippen LogP contribution in [-0.2, 0) is 6.42 Å². The van der Waals surface area contributed by atoms with Crippen molar-refractivity contribution in [2.75, 3.05) is 5.32 Å². The van der Waals surface area contributed by atoms with Crippen LogP contribution in [0.3, 0.4) is 0 Å². The number of anilines is 1. The minimum Gasteiger partial charge on any atom is -0.375 e. The topological polar surface area (TPSA) is 35.8 Å². The number of nitriles is 1. The van der Waals surface area contributed by atoms with Crippen molar-refractivity contribution in [3.8, 4) is 6.07 Å². The third kappa shape index (κ3) is 2.38. The molecule has 0 saturated heterocycles. The van der Waals surface area contributed by atoms with E-state index in [1.807, 2.05) is 18.2 Å². The summed E-state index contributed by atoms with van der Waals surface area (Å²) >= 11 is 0. The van der Waals surface area contributed by atoms with Gasteiger partial charge in [-0.25, -0.2) is 4.39 Å². The molecular weight excluding hydrogens is 263 g/mol. The Hall–Kier alpha value is -2.34. The number of rotatable bonds is 2. The first-order valence-electron chi connectivity index (χ1n) is 7.05. The fourth-order valence-electron chi connectivity index (χ4n) is 3.12. The van der Waals surface area contributed by atoms with Crippen molar-refractivity contribution in [2.24, 2.45) is 5.41 Å². The second-order valence-electron chi connectivity index (χ2n) is 6.25. The third-order valence-electron chi connectivity index (χ3n) is 4.19. The highest BCUT2D eigenvalue weighted by atomic mass is 19.1. The Morgan fingerprint density at radius 1 is 1.24 bits per heavy atom. The monoisotopic (exact) mass is 280 g/mol. The van der Waals surface area contributed by atoms with Crippen LogP contribution in [0.5, 0.6) is 0 Å². The fourth-order valence-corrected chi connectivity index (χ4v) is 3.12. The lowest BCUT2D eigenvalue weighted by Gasteiger charge is -2.29. The van der Waals surface area contributed by atoms with E-state index in [4.69, 9.17) is 5.26 Å². The molecule has 2 aromatic carbocycles. The molecule has 3 rings (SSSR count). The van der Waals surface area contributed by atoms with Gasteiger partial charge in [-0.3, -0.25) is 0 Å². The maximum absolute atomic E-state index is 14.1. The number of fused-ring (bicyclic) bond motifs is 1. The zero-order chi connectivity index (χ0) is 15.0. The molecule has 0 spiro atoms. The average molecular weight is 280 g/mol. The van der Waals surface area contributed by atoms with Gasteiger partial charge in [0.25, 0.3) is 0 Å². The van der Waals surface area contributed by atoms with E-state index in [9.17, 15) is 4.39 Å². The first-order valence-corrected chi connectivity index (χ1v) is 7.05. The Morgan fingerprint density at radius 2 is 2.00 bits per heavy atom. The van der Waals surface area contributed by atoms with E-state index in [0.717, 1.165) is 6.42 Å². The molecule has 0 radical (unpaired) electrons. The first-order chi connectivity index (χ1) is 10.0. The predicted octanol–water partition coefficient (Wildman–Crippen LogP) is 4.43. The summed E-state index contributed by atoms with van der Waals surface area (Å²) in [6.45, 7) is 4.37. The Kier molecular flexibility index (Phi) is 3.17. The number of hydrogen-bond acceptors (Lipinski definition) is 2. The molecule has 1 N–H and O–H groups in total. The summed E-state index contributed by atoms with van der Waals surface area (Å²) < 4.78 is 14.1. The van der Waals surface area contributed by atoms with Gasteiger partial charge >= 0.3 is 0 Å². The van der Waals surface area contributed by atoms with Crippen molar-refractivity contribution in [3.05, 3.63) is 65.0 Å². The van der Waals surface area contributed by atoms with Gasteiger partial charge in [0, 0.05) is 0 Å². The van der Waals surface area contributed by atoms with Gasteiger partial charge in [-0.1, -0.05) is 38.1 Å². The molecule has 0 heterocycles. The van der Waals surface area contributed by atoms with Crippen LogP contribution in [0.25, 0.3) is 0 Å². The fraction of sp³-hybridized carbons (Fsp3) is 0.278. The lowest BCUT2D eigenvalue weighted by Crippen LogP contribution is -2.24. The zero-order valence-corrected chi connectivity index (χ0v) is 12.2. The maximum Gasteiger partial charge on any atom is 0.147 e. The lowest BCUT2D eigenvalue weighted by atomic mass is 9.85. The van der Waals surface area contributed by atoms with E-state index < -0.39 is 0 Å². The van der Waals surface area contributed by atoms with Crippen LogP contribution in [0.15, 0.2) is 42.5 Å². The highest BCUT2D eigenvalue weighted by Crippen LogP contribution is 2.46. The maximum atomic E-state index is 14.1. The van der Waals surface area contributed by atoms with E-state index in [-0.39, 0.29) is 17.3 Å². The molecule has 0 aromatic heterocycles. The van der Waals surface area contributed by atoms with Gasteiger partial charge in [0.2, 0.25) is 0 Å². The molecule has 3 heteroatoms. The largest absolute Gasteiger partial charge is 0.375 e. The van der Waals surface area contributed by atoms with E-state index in [2.05, 4.69) is 31.3 Å². The standard InChI is InChI=1S/C18H17FN2/c1-18(2)10-13-5-3-4-6-14(13)17(18)21-16-8-7-12(11-20)9-15(16)19/h3-9,17,21H,10H2,1-2H3. The van der Waals surface area contributed by atoms with Gasteiger partial charge in [-0.15, -0.1) is 0 Å². The molecular formula is C18H17FN2. The smallest absolute Gasteiger partial charge is 0.147 e. The van der Waals surface area contributed by atoms with Gasteiger partial charge < -0.3 is 5.32 Å². The van der Waals surface area contributed by atoms with Crippen LogP contribution in [0, 0.1) is 22.6 Å². The molecule has 1 atom stereocenters. The molecule has 0 bridgehead atoms. The summed E-state index contributed by atoms with van der Waals surface area (Å²) in [5, 5.41) is 12.1. The van der Waals surface area contributed by atoms with Crippen LogP contribution in [0.2, 0.25) is 0 Å². The Morgan fingerprint density at radius 3 is 2.71 bits per heavy atom. The summed E-state index contributed by atoms with van der Waals surface area (Å²) in [6.07, 6.45) is 0.971. The molecule has 2 nitrogen and oxygen atoms in total. The van der Waals surface area contributed by atoms with Crippen molar-refractivity contribution < 1.29 is 4.39 Å². The van der Waals surface area contributed by atoms with Crippen LogP contribution in [0.4, 0.5) is 10.1 Å². The summed E-state index contributed by atoms with van der Waals surface area (Å²) in [5.41, 5.74) is 3.34. The minimum absolute atomic E-state index is 0.0179. The molecule has 106 valence electrons. The Labute approximate surface area is 124 Å². The molecule has 0 amide bonds. The van der Waals surface area contributed by atoms with Crippen molar-refractivity contribution >= 4 is 5.69 Å². The summed E-state index contributed by atoms with van der Waals surface area (Å²) in [7, 11) is 0. The minimum atomic E-state index is -0.380. The second kappa shape index (κ2) is 4.89. The van der Waals surface area contributed by atoms with Gasteiger partial charge in [0.1, 0.15) is 5.82 Å². The number of nitrogens with zero attached hydrogens (tertiary/aromatic N) is 1. The number of hydrogen-bond donors (Lipinski definition) is 1. The lowest BCUT2D eigenvalue weighted by molar-refractivity contribution is 0.336. The van der Waals surface area contributed by atoms with Gasteiger partial charge in [0.05, 0.1) is 23.4 Å². The van der Waals surface area contributed by atoms with E-state index in [0.29, 0.717) is 11.3 Å². The van der Waals surface area contributed by atoms with Crippen molar-refractivity contribution in [2.45, 2.75) is 26.3 Å². The second-order valence-corrected chi connectivity index (χ2v) is 6.25. The highest BCUT2D eigenvalue weighted by Gasteiger charge is 2.38. The van der Waals surface area contributed by atoms with Crippen LogP contribution in [0.1, 0.15) is 36.6 Å². The third-order valence-corrected chi connectivity index (χ3v) is 4.19. The summed E-state index contributed by atoms with van der Waals surface area (Å²) in [4.78, 5) is 0. The molecule has 0 fully saturated rings. The molecule has 1 aliphatic carbocycles. The highest BCUT2D eigenvalue weighted by molar-refractivity contribution is 5.53. The Bertz CT molecular complexity index is 728. The van der Waals surface area contributed by atoms with E-state index in [1.54, 1.807) is 12.1 Å². The van der Waals surface area contributed by atoms with Crippen LogP contribution < -0.4 is 5.32 Å². The first kappa shape index (κ1) is 13.6. The van der Waals surface area contributed by atoms with Crippen molar-refractivity contribution in [3.63, 3.8) is 0 Å². The quantitative estimate of drug-likeness (QED) is 0.883. The van der Waals surface area contributed by atoms with Gasteiger partial charge in [0.15, 0.2) is 0 Å². The van der Waals surface area contributed by atoms with Crippen molar-refractivity contribution in [1.82, 2.24) is 0 Å². The summed E-state index contributed by atoms with van der Waals surface area (Å²) in [6, 6.07) is 14.9. The van der Waals surface area contributed by atoms with Crippen LogP contribution >= 0.6 is 0 Å². The number of nitrogens with one attached hydrogen (secondary N) is 1. The molecule has 1 aliphatic rings. The summed E-state index contributed by atoms with van der Waals surface area (Å²) in [5.74, 6) is -0.380. The molecule has 2 aromatic rings. The van der Waals surface area contributed by atoms with Gasteiger partial charge in [-0.05, 0) is 41.2 Å². The molecule has 0 saturated carbocycles.